The van der Waals surface area contributed by atoms with Crippen LogP contribution in [-0.4, -0.2) is 11.6 Å². The van der Waals surface area contributed by atoms with Crippen molar-refractivity contribution in [2.75, 3.05) is 0 Å². The fraction of sp³-hybridized carbons (Fsp3) is 0.304. The molecule has 128 valence electrons. The maximum absolute atomic E-state index is 13.2. The fourth-order valence-electron chi connectivity index (χ4n) is 3.54. The Labute approximate surface area is 149 Å². The lowest BCUT2D eigenvalue weighted by Gasteiger charge is -2.24. The SMILES string of the molecule is O=C(c1ccccc1)C(C(=O)c1ccccc1)C1C=CCCCCC1. The highest BCUT2D eigenvalue weighted by atomic mass is 16.2. The van der Waals surface area contributed by atoms with E-state index >= 15 is 0 Å². The predicted molar refractivity (Wildman–Crippen MR) is 101 cm³/mol. The molecular weight excluding hydrogens is 308 g/mol. The van der Waals surface area contributed by atoms with Gasteiger partial charge in [0.2, 0.25) is 0 Å². The third-order valence-corrected chi connectivity index (χ3v) is 4.90. The molecule has 0 bridgehead atoms. The standard InChI is InChI=1S/C23H24O2/c24-22(19-14-8-4-9-15-19)21(18-12-6-2-1-3-7-13-18)23(25)20-16-10-5-11-17-20/h4-6,8-12,14-18,21H,1-3,7,13H2. The molecule has 1 atom stereocenters. The summed E-state index contributed by atoms with van der Waals surface area (Å²) in [5.41, 5.74) is 1.24. The first kappa shape index (κ1) is 17.3. The van der Waals surface area contributed by atoms with Crippen LogP contribution in [0.5, 0.6) is 0 Å². The van der Waals surface area contributed by atoms with Crippen LogP contribution in [0.1, 0.15) is 52.8 Å². The molecule has 2 nitrogen and oxygen atoms in total. The van der Waals surface area contributed by atoms with Crippen molar-refractivity contribution in [3.8, 4) is 0 Å². The van der Waals surface area contributed by atoms with Crippen molar-refractivity contribution in [2.24, 2.45) is 11.8 Å². The molecule has 0 heterocycles. The molecule has 2 aromatic carbocycles. The summed E-state index contributed by atoms with van der Waals surface area (Å²) in [7, 11) is 0. The van der Waals surface area contributed by atoms with E-state index in [0.29, 0.717) is 11.1 Å². The smallest absolute Gasteiger partial charge is 0.174 e. The molecule has 0 N–H and O–H groups in total. The molecule has 0 aromatic heterocycles. The molecule has 0 aliphatic heterocycles. The molecule has 2 aromatic rings. The molecule has 1 aliphatic rings. The number of ketones is 2. The van der Waals surface area contributed by atoms with Gasteiger partial charge in [-0.15, -0.1) is 0 Å². The van der Waals surface area contributed by atoms with Gasteiger partial charge < -0.3 is 0 Å². The average Bonchev–Trinajstić information content (AvgIpc) is 2.64. The fourth-order valence-corrected chi connectivity index (χ4v) is 3.54. The number of hydrogen-bond donors (Lipinski definition) is 0. The summed E-state index contributed by atoms with van der Waals surface area (Å²) in [6.45, 7) is 0. The van der Waals surface area contributed by atoms with Gasteiger partial charge in [0.15, 0.2) is 11.6 Å². The number of allylic oxidation sites excluding steroid dienone is 2. The summed E-state index contributed by atoms with van der Waals surface area (Å²) in [4.78, 5) is 26.4. The van der Waals surface area contributed by atoms with Crippen molar-refractivity contribution in [1.82, 2.24) is 0 Å². The zero-order chi connectivity index (χ0) is 17.5. The van der Waals surface area contributed by atoms with Gasteiger partial charge in [-0.3, -0.25) is 9.59 Å². The molecule has 3 rings (SSSR count). The maximum Gasteiger partial charge on any atom is 0.174 e. The van der Waals surface area contributed by atoms with Crippen LogP contribution in [-0.2, 0) is 0 Å². The van der Waals surface area contributed by atoms with E-state index in [0.717, 1.165) is 25.7 Å². The van der Waals surface area contributed by atoms with E-state index in [2.05, 4.69) is 12.2 Å². The van der Waals surface area contributed by atoms with Crippen LogP contribution in [0.15, 0.2) is 72.8 Å². The molecule has 1 aliphatic carbocycles. The van der Waals surface area contributed by atoms with Crippen LogP contribution in [0.4, 0.5) is 0 Å². The predicted octanol–water partition coefficient (Wildman–Crippen LogP) is 5.50. The van der Waals surface area contributed by atoms with Crippen molar-refractivity contribution in [1.29, 1.82) is 0 Å². The van der Waals surface area contributed by atoms with Gasteiger partial charge in [0.25, 0.3) is 0 Å². The van der Waals surface area contributed by atoms with E-state index in [4.69, 9.17) is 0 Å². The van der Waals surface area contributed by atoms with Gasteiger partial charge in [0, 0.05) is 11.1 Å². The number of carbonyl (C=O) groups is 2. The van der Waals surface area contributed by atoms with Gasteiger partial charge in [-0.05, 0) is 25.2 Å². The summed E-state index contributed by atoms with van der Waals surface area (Å²) in [5, 5.41) is 0. The Kier molecular flexibility index (Phi) is 5.95. The van der Waals surface area contributed by atoms with Gasteiger partial charge in [0.05, 0.1) is 5.92 Å². The van der Waals surface area contributed by atoms with E-state index in [-0.39, 0.29) is 17.5 Å². The van der Waals surface area contributed by atoms with E-state index in [1.165, 1.54) is 6.42 Å². The molecule has 0 amide bonds. The lowest BCUT2D eigenvalue weighted by molar-refractivity contribution is 0.0765. The molecule has 0 saturated heterocycles. The van der Waals surface area contributed by atoms with Crippen LogP contribution in [0.2, 0.25) is 0 Å². The van der Waals surface area contributed by atoms with Gasteiger partial charge in [-0.1, -0.05) is 85.7 Å². The Morgan fingerprint density at radius 3 is 1.88 bits per heavy atom. The van der Waals surface area contributed by atoms with Gasteiger partial charge in [0.1, 0.15) is 0 Å². The van der Waals surface area contributed by atoms with Crippen molar-refractivity contribution in [3.63, 3.8) is 0 Å². The van der Waals surface area contributed by atoms with Crippen molar-refractivity contribution in [3.05, 3.63) is 83.9 Å². The zero-order valence-electron chi connectivity index (χ0n) is 14.4. The van der Waals surface area contributed by atoms with Crippen molar-refractivity contribution in [2.45, 2.75) is 32.1 Å². The first-order chi connectivity index (χ1) is 12.3. The van der Waals surface area contributed by atoms with E-state index in [1.54, 1.807) is 24.3 Å². The Bertz CT molecular complexity index is 680. The summed E-state index contributed by atoms with van der Waals surface area (Å²) in [5.74, 6) is -0.797. The Balaban J connectivity index is 1.97. The van der Waals surface area contributed by atoms with Crippen LogP contribution in [0.3, 0.4) is 0 Å². The summed E-state index contributed by atoms with van der Waals surface area (Å²) in [6.07, 6.45) is 9.58. The second-order valence-corrected chi connectivity index (χ2v) is 6.67. The quantitative estimate of drug-likeness (QED) is 0.411. The Morgan fingerprint density at radius 2 is 1.32 bits per heavy atom. The average molecular weight is 332 g/mol. The van der Waals surface area contributed by atoms with E-state index in [9.17, 15) is 9.59 Å². The lowest BCUT2D eigenvalue weighted by Crippen LogP contribution is -2.31. The zero-order valence-corrected chi connectivity index (χ0v) is 14.4. The second kappa shape index (κ2) is 8.57. The molecular formula is C23H24O2. The third-order valence-electron chi connectivity index (χ3n) is 4.90. The Morgan fingerprint density at radius 1 is 0.760 bits per heavy atom. The summed E-state index contributed by atoms with van der Waals surface area (Å²) in [6, 6.07) is 18.4. The second-order valence-electron chi connectivity index (χ2n) is 6.67. The number of rotatable bonds is 5. The largest absolute Gasteiger partial charge is 0.293 e. The minimum Gasteiger partial charge on any atom is -0.293 e. The minimum absolute atomic E-state index is 0.0271. The third kappa shape index (κ3) is 4.33. The molecule has 0 spiro atoms. The Hall–Kier alpha value is -2.48. The summed E-state index contributed by atoms with van der Waals surface area (Å²) >= 11 is 0. The molecule has 25 heavy (non-hydrogen) atoms. The normalized spacial score (nSPS) is 17.7. The van der Waals surface area contributed by atoms with Crippen LogP contribution in [0, 0.1) is 11.8 Å². The van der Waals surface area contributed by atoms with Crippen LogP contribution >= 0.6 is 0 Å². The van der Waals surface area contributed by atoms with E-state index in [1.807, 2.05) is 36.4 Å². The monoisotopic (exact) mass is 332 g/mol. The highest BCUT2D eigenvalue weighted by Gasteiger charge is 2.34. The lowest BCUT2D eigenvalue weighted by atomic mass is 9.77. The van der Waals surface area contributed by atoms with Gasteiger partial charge in [-0.25, -0.2) is 0 Å². The van der Waals surface area contributed by atoms with Crippen molar-refractivity contribution < 1.29 is 9.59 Å². The topological polar surface area (TPSA) is 34.1 Å². The first-order valence-corrected chi connectivity index (χ1v) is 9.12. The van der Waals surface area contributed by atoms with Crippen molar-refractivity contribution >= 4 is 11.6 Å². The number of carbonyl (C=O) groups excluding carboxylic acids is 2. The number of benzene rings is 2. The molecule has 1 unspecified atom stereocenters. The number of Topliss-reactive ketones (excluding diaryl/α,β-unsaturated/α-hetero) is 2. The van der Waals surface area contributed by atoms with Gasteiger partial charge >= 0.3 is 0 Å². The molecule has 0 radical (unpaired) electrons. The molecule has 2 heteroatoms. The van der Waals surface area contributed by atoms with Gasteiger partial charge in [-0.2, -0.15) is 0 Å². The van der Waals surface area contributed by atoms with Crippen LogP contribution < -0.4 is 0 Å². The van der Waals surface area contributed by atoms with Crippen LogP contribution in [0.25, 0.3) is 0 Å². The number of hydrogen-bond acceptors (Lipinski definition) is 2. The highest BCUT2D eigenvalue weighted by molar-refractivity contribution is 6.16. The minimum atomic E-state index is -0.640. The molecule has 0 saturated carbocycles. The highest BCUT2D eigenvalue weighted by Crippen LogP contribution is 2.29. The maximum atomic E-state index is 13.2. The van der Waals surface area contributed by atoms with E-state index < -0.39 is 5.92 Å². The summed E-state index contributed by atoms with van der Waals surface area (Å²) < 4.78 is 0. The molecule has 0 fully saturated rings. The first-order valence-electron chi connectivity index (χ1n) is 9.12.